The highest BCUT2D eigenvalue weighted by atomic mass is 79.9. The number of amides is 2. The lowest BCUT2D eigenvalue weighted by atomic mass is 9.85. The van der Waals surface area contributed by atoms with Crippen LogP contribution < -0.4 is 16.0 Å². The summed E-state index contributed by atoms with van der Waals surface area (Å²) in [6.45, 7) is 4.28. The van der Waals surface area contributed by atoms with E-state index < -0.39 is 5.41 Å². The second-order valence-corrected chi connectivity index (χ2v) is 10.1. The van der Waals surface area contributed by atoms with E-state index in [1.807, 2.05) is 32.1 Å². The van der Waals surface area contributed by atoms with Crippen molar-refractivity contribution >= 4 is 56.0 Å². The molecule has 3 N–H and O–H groups in total. The number of halogens is 1. The molecule has 33 heavy (non-hydrogen) atoms. The van der Waals surface area contributed by atoms with E-state index in [1.165, 1.54) is 11.3 Å². The van der Waals surface area contributed by atoms with Crippen LogP contribution in [0.4, 0.5) is 10.7 Å². The van der Waals surface area contributed by atoms with Crippen molar-refractivity contribution < 1.29 is 9.59 Å². The van der Waals surface area contributed by atoms with Gasteiger partial charge < -0.3 is 16.0 Å². The molecule has 1 aliphatic heterocycles. The van der Waals surface area contributed by atoms with Gasteiger partial charge in [-0.1, -0.05) is 18.2 Å². The summed E-state index contributed by atoms with van der Waals surface area (Å²) in [5, 5.41) is 19.4. The number of hydrogen-bond acceptors (Lipinski definition) is 6. The molecular weight excluding hydrogens is 502 g/mol. The molecule has 1 atom stereocenters. The van der Waals surface area contributed by atoms with Crippen LogP contribution in [0, 0.1) is 11.3 Å². The number of nitrogens with zero attached hydrogens (tertiary/aromatic N) is 2. The Balaban J connectivity index is 1.46. The van der Waals surface area contributed by atoms with Gasteiger partial charge in [0.05, 0.1) is 40.3 Å². The fourth-order valence-electron chi connectivity index (χ4n) is 3.44. The van der Waals surface area contributed by atoms with Crippen LogP contribution in [0.3, 0.4) is 0 Å². The first kappa shape index (κ1) is 23.0. The number of rotatable bonds is 5. The van der Waals surface area contributed by atoms with Crippen molar-refractivity contribution in [3.05, 3.63) is 68.7 Å². The van der Waals surface area contributed by atoms with Crippen molar-refractivity contribution in [1.29, 1.82) is 5.26 Å². The molecule has 1 aliphatic carbocycles. The van der Waals surface area contributed by atoms with Gasteiger partial charge in [0.15, 0.2) is 0 Å². The normalized spacial score (nSPS) is 17.1. The van der Waals surface area contributed by atoms with Gasteiger partial charge in [-0.3, -0.25) is 14.6 Å². The number of aliphatic imine (C=N–C) groups is 1. The zero-order valence-electron chi connectivity index (χ0n) is 18.1. The summed E-state index contributed by atoms with van der Waals surface area (Å²) >= 11 is 4.85. The molecule has 0 saturated heterocycles. The molecule has 1 unspecified atom stereocenters. The number of benzene rings is 1. The molecule has 7 nitrogen and oxygen atoms in total. The van der Waals surface area contributed by atoms with Gasteiger partial charge in [-0.25, -0.2) is 0 Å². The molecule has 1 aromatic heterocycles. The highest BCUT2D eigenvalue weighted by Crippen LogP contribution is 2.36. The van der Waals surface area contributed by atoms with E-state index >= 15 is 0 Å². The maximum atomic E-state index is 12.9. The quantitative estimate of drug-likeness (QED) is 0.524. The number of anilines is 1. The lowest BCUT2D eigenvalue weighted by Gasteiger charge is -2.21. The highest BCUT2D eigenvalue weighted by molar-refractivity contribution is 9.12. The third kappa shape index (κ3) is 5.07. The number of fused-ring (bicyclic) bond motifs is 1. The van der Waals surface area contributed by atoms with Crippen LogP contribution in [-0.4, -0.2) is 30.6 Å². The first-order valence-electron chi connectivity index (χ1n) is 10.4. The van der Waals surface area contributed by atoms with Gasteiger partial charge in [0.25, 0.3) is 11.8 Å². The molecule has 0 radical (unpaired) electrons. The Morgan fingerprint density at radius 1 is 1.30 bits per heavy atom. The van der Waals surface area contributed by atoms with Gasteiger partial charge >= 0.3 is 0 Å². The van der Waals surface area contributed by atoms with Gasteiger partial charge in [0.2, 0.25) is 0 Å². The highest BCUT2D eigenvalue weighted by Gasteiger charge is 2.23. The van der Waals surface area contributed by atoms with Crippen LogP contribution in [0.25, 0.3) is 0 Å². The topological polar surface area (TPSA) is 106 Å². The predicted octanol–water partition coefficient (Wildman–Crippen LogP) is 4.77. The average molecular weight is 524 g/mol. The van der Waals surface area contributed by atoms with Crippen LogP contribution in [0.15, 0.2) is 57.7 Å². The average Bonchev–Trinajstić information content (AvgIpc) is 3.26. The standard InChI is InChI=1S/C24H22BrN5O2S/c1-24(2,13-26)15-5-3-4-14(10-15)21(31)29-16-6-7-17(25)18(11-16)30-22(32)20-12-19-23(33-20)28-9-8-27-19/h3-5,7-8,10-12,16,28H,6,9H2,1-2H3,(H,29,31)(H,30,32). The zero-order chi connectivity index (χ0) is 23.6. The van der Waals surface area contributed by atoms with Crippen molar-refractivity contribution in [3.8, 4) is 6.07 Å². The Kier molecular flexibility index (Phi) is 6.49. The summed E-state index contributed by atoms with van der Waals surface area (Å²) in [6.07, 6.45) is 6.10. The van der Waals surface area contributed by atoms with E-state index in [0.717, 1.165) is 20.7 Å². The van der Waals surface area contributed by atoms with Crippen molar-refractivity contribution in [2.24, 2.45) is 4.99 Å². The molecular formula is C24H22BrN5O2S. The molecule has 168 valence electrons. The van der Waals surface area contributed by atoms with E-state index in [4.69, 9.17) is 0 Å². The Hall–Kier alpha value is -3.22. The lowest BCUT2D eigenvalue weighted by Crippen LogP contribution is -2.36. The van der Waals surface area contributed by atoms with Crippen LogP contribution in [0.5, 0.6) is 0 Å². The molecule has 1 aromatic carbocycles. The number of nitrogens with one attached hydrogen (secondary N) is 3. The van der Waals surface area contributed by atoms with Crippen molar-refractivity contribution in [2.75, 3.05) is 11.9 Å². The molecule has 2 heterocycles. The maximum Gasteiger partial charge on any atom is 0.265 e. The summed E-state index contributed by atoms with van der Waals surface area (Å²) in [6, 6.07) is 10.8. The number of hydrogen-bond donors (Lipinski definition) is 3. The SMILES string of the molecule is CC(C)(C#N)c1cccc(C(=O)NC2C=C(NC(=O)c3cc4c(s3)NCC=N4)C(Br)=CC2)c1. The van der Waals surface area contributed by atoms with Gasteiger partial charge in [-0.15, -0.1) is 11.3 Å². The Bertz CT molecular complexity index is 1250. The number of allylic oxidation sites excluding steroid dienone is 1. The number of nitriles is 1. The van der Waals surface area contributed by atoms with Gasteiger partial charge in [0.1, 0.15) is 5.00 Å². The Morgan fingerprint density at radius 3 is 2.88 bits per heavy atom. The Labute approximate surface area is 204 Å². The molecule has 4 rings (SSSR count). The van der Waals surface area contributed by atoms with E-state index in [2.05, 4.69) is 42.9 Å². The molecule has 2 aliphatic rings. The summed E-state index contributed by atoms with van der Waals surface area (Å²) in [7, 11) is 0. The molecule has 2 aromatic rings. The molecule has 0 spiro atoms. The Morgan fingerprint density at radius 2 is 2.12 bits per heavy atom. The van der Waals surface area contributed by atoms with Crippen LogP contribution in [-0.2, 0) is 5.41 Å². The minimum atomic E-state index is -0.687. The van der Waals surface area contributed by atoms with Gasteiger partial charge in [-0.2, -0.15) is 5.26 Å². The number of carbonyl (C=O) groups is 2. The zero-order valence-corrected chi connectivity index (χ0v) is 20.5. The van der Waals surface area contributed by atoms with Crippen molar-refractivity contribution in [2.45, 2.75) is 31.7 Å². The van der Waals surface area contributed by atoms with E-state index in [-0.39, 0.29) is 17.9 Å². The molecule has 9 heteroatoms. The fourth-order valence-corrected chi connectivity index (χ4v) is 4.76. The van der Waals surface area contributed by atoms with Crippen molar-refractivity contribution in [1.82, 2.24) is 10.6 Å². The minimum absolute atomic E-state index is 0.235. The third-order valence-corrected chi connectivity index (χ3v) is 7.22. The smallest absolute Gasteiger partial charge is 0.265 e. The second-order valence-electron chi connectivity index (χ2n) is 8.24. The largest absolute Gasteiger partial charge is 0.370 e. The number of thiophene rings is 1. The van der Waals surface area contributed by atoms with Crippen LogP contribution >= 0.6 is 27.3 Å². The van der Waals surface area contributed by atoms with E-state index in [0.29, 0.717) is 29.1 Å². The van der Waals surface area contributed by atoms with E-state index in [9.17, 15) is 14.9 Å². The number of carbonyl (C=O) groups excluding carboxylic acids is 2. The lowest BCUT2D eigenvalue weighted by molar-refractivity contribution is 0.0944. The summed E-state index contributed by atoms with van der Waals surface area (Å²) in [5.74, 6) is -0.472. The van der Waals surface area contributed by atoms with E-state index in [1.54, 1.807) is 30.5 Å². The van der Waals surface area contributed by atoms with Gasteiger partial charge in [-0.05, 0) is 66.0 Å². The fraction of sp³-hybridized carbons (Fsp3) is 0.250. The van der Waals surface area contributed by atoms with Gasteiger partial charge in [0, 0.05) is 16.3 Å². The first-order valence-corrected chi connectivity index (χ1v) is 12.0. The monoisotopic (exact) mass is 523 g/mol. The van der Waals surface area contributed by atoms with Crippen LogP contribution in [0.1, 0.15) is 45.9 Å². The summed E-state index contributed by atoms with van der Waals surface area (Å²) in [5.41, 5.74) is 1.94. The molecule has 2 amide bonds. The molecule has 0 saturated carbocycles. The van der Waals surface area contributed by atoms with Crippen molar-refractivity contribution in [3.63, 3.8) is 0 Å². The summed E-state index contributed by atoms with van der Waals surface area (Å²) in [4.78, 5) is 30.5. The second kappa shape index (κ2) is 9.33. The third-order valence-electron chi connectivity index (χ3n) is 5.39. The minimum Gasteiger partial charge on any atom is -0.370 e. The predicted molar refractivity (Wildman–Crippen MR) is 134 cm³/mol. The maximum absolute atomic E-state index is 12.9. The molecule has 0 fully saturated rings. The first-order chi connectivity index (χ1) is 15.8. The molecule has 0 bridgehead atoms. The van der Waals surface area contributed by atoms with Crippen LogP contribution in [0.2, 0.25) is 0 Å². The summed E-state index contributed by atoms with van der Waals surface area (Å²) < 4.78 is 0.761.